The van der Waals surface area contributed by atoms with Crippen LogP contribution in [0.25, 0.3) is 0 Å². The molecule has 0 saturated carbocycles. The Balaban J connectivity index is 1.93. The average Bonchev–Trinajstić information content (AvgIpc) is 2.55. The molecule has 1 atom stereocenters. The summed E-state index contributed by atoms with van der Waals surface area (Å²) in [4.78, 5) is 27.7. The molecular weight excluding hydrogens is 323 g/mol. The van der Waals surface area contributed by atoms with Crippen molar-refractivity contribution in [3.8, 4) is 0 Å². The Morgan fingerprint density at radius 2 is 1.72 bits per heavy atom. The second-order valence-corrected chi connectivity index (χ2v) is 6.01. The predicted molar refractivity (Wildman–Crippen MR) is 92.0 cm³/mol. The molecule has 1 aliphatic rings. The highest BCUT2D eigenvalue weighted by molar-refractivity contribution is 5.98. The van der Waals surface area contributed by atoms with Crippen molar-refractivity contribution in [2.45, 2.75) is 18.9 Å². The molecule has 2 aromatic rings. The molecule has 0 aliphatic carbocycles. The summed E-state index contributed by atoms with van der Waals surface area (Å²) in [6, 6.07) is 13.1. The highest BCUT2D eigenvalue weighted by Crippen LogP contribution is 2.23. The number of para-hydroxylation sites is 1. The number of halogens is 1. The number of aliphatic carboxylic acids is 1. The van der Waals surface area contributed by atoms with Crippen molar-refractivity contribution in [1.82, 2.24) is 4.90 Å². The van der Waals surface area contributed by atoms with E-state index in [4.69, 9.17) is 0 Å². The fourth-order valence-electron chi connectivity index (χ4n) is 2.80. The first-order chi connectivity index (χ1) is 12.1. The lowest BCUT2D eigenvalue weighted by atomic mass is 10.0. The number of hydrogen-bond acceptors (Lipinski definition) is 2. The van der Waals surface area contributed by atoms with E-state index in [1.807, 2.05) is 6.07 Å². The summed E-state index contributed by atoms with van der Waals surface area (Å²) in [6.07, 6.45) is 1.02. The van der Waals surface area contributed by atoms with E-state index in [0.717, 1.165) is 6.42 Å². The predicted octanol–water partition coefficient (Wildman–Crippen LogP) is 3.15. The van der Waals surface area contributed by atoms with Gasteiger partial charge in [0.2, 0.25) is 0 Å². The van der Waals surface area contributed by atoms with Gasteiger partial charge in [0.15, 0.2) is 0 Å². The number of benzene rings is 2. The smallest absolute Gasteiger partial charge is 0.327 e. The SMILES string of the molecule is O=C(O)[C@H](Cc1ccc(F)cc1)N(C(=O)N1CCC1)c1ccccc1. The van der Waals surface area contributed by atoms with Crippen LogP contribution in [-0.2, 0) is 11.2 Å². The molecule has 0 aromatic heterocycles. The van der Waals surface area contributed by atoms with Gasteiger partial charge >= 0.3 is 12.0 Å². The van der Waals surface area contributed by atoms with Crippen molar-refractivity contribution >= 4 is 17.7 Å². The Labute approximate surface area is 145 Å². The molecule has 0 bridgehead atoms. The summed E-state index contributed by atoms with van der Waals surface area (Å²) in [6.45, 7) is 1.26. The number of likely N-dealkylation sites (tertiary alicyclic amines) is 1. The van der Waals surface area contributed by atoms with Crippen LogP contribution in [0.3, 0.4) is 0 Å². The van der Waals surface area contributed by atoms with Gasteiger partial charge in [-0.25, -0.2) is 14.0 Å². The van der Waals surface area contributed by atoms with E-state index < -0.39 is 12.0 Å². The Morgan fingerprint density at radius 3 is 2.24 bits per heavy atom. The molecule has 0 spiro atoms. The van der Waals surface area contributed by atoms with E-state index in [0.29, 0.717) is 24.3 Å². The summed E-state index contributed by atoms with van der Waals surface area (Å²) >= 11 is 0. The van der Waals surface area contributed by atoms with Gasteiger partial charge in [0, 0.05) is 25.2 Å². The van der Waals surface area contributed by atoms with E-state index >= 15 is 0 Å². The fourth-order valence-corrected chi connectivity index (χ4v) is 2.80. The lowest BCUT2D eigenvalue weighted by molar-refractivity contribution is -0.138. The Kier molecular flexibility index (Phi) is 4.97. The first-order valence-corrected chi connectivity index (χ1v) is 8.16. The van der Waals surface area contributed by atoms with Gasteiger partial charge < -0.3 is 10.0 Å². The van der Waals surface area contributed by atoms with E-state index in [-0.39, 0.29) is 18.3 Å². The fraction of sp³-hybridized carbons (Fsp3) is 0.263. The zero-order valence-electron chi connectivity index (χ0n) is 13.6. The minimum absolute atomic E-state index is 0.101. The Bertz CT molecular complexity index is 745. The Morgan fingerprint density at radius 1 is 1.08 bits per heavy atom. The second kappa shape index (κ2) is 7.34. The average molecular weight is 342 g/mol. The molecule has 2 amide bonds. The maximum absolute atomic E-state index is 13.1. The Hall–Kier alpha value is -2.89. The molecule has 130 valence electrons. The quantitative estimate of drug-likeness (QED) is 0.908. The molecule has 5 nitrogen and oxygen atoms in total. The molecule has 0 unspecified atom stereocenters. The van der Waals surface area contributed by atoms with E-state index in [9.17, 15) is 19.1 Å². The van der Waals surface area contributed by atoms with E-state index in [2.05, 4.69) is 0 Å². The van der Waals surface area contributed by atoms with Crippen molar-refractivity contribution in [3.63, 3.8) is 0 Å². The minimum Gasteiger partial charge on any atom is -0.480 e. The van der Waals surface area contributed by atoms with Crippen LogP contribution in [0.2, 0.25) is 0 Å². The summed E-state index contributed by atoms with van der Waals surface area (Å²) < 4.78 is 13.1. The number of urea groups is 1. The van der Waals surface area contributed by atoms with Crippen LogP contribution in [-0.4, -0.2) is 41.1 Å². The standard InChI is InChI=1S/C19H19FN2O3/c20-15-9-7-14(8-10-15)13-17(18(23)24)22(16-5-2-1-3-6-16)19(25)21-11-4-12-21/h1-3,5-10,17H,4,11-13H2,(H,23,24)/t17-/m0/s1. The molecule has 1 fully saturated rings. The van der Waals surface area contributed by atoms with Gasteiger partial charge in [-0.15, -0.1) is 0 Å². The molecular formula is C19H19FN2O3. The number of hydrogen-bond donors (Lipinski definition) is 1. The van der Waals surface area contributed by atoms with Crippen LogP contribution in [0.5, 0.6) is 0 Å². The van der Waals surface area contributed by atoms with Crippen molar-refractivity contribution < 1.29 is 19.1 Å². The van der Waals surface area contributed by atoms with Crippen LogP contribution in [0.4, 0.5) is 14.9 Å². The largest absolute Gasteiger partial charge is 0.480 e. The second-order valence-electron chi connectivity index (χ2n) is 6.01. The molecule has 6 heteroatoms. The third-order valence-corrected chi connectivity index (χ3v) is 4.31. The topological polar surface area (TPSA) is 60.9 Å². The lowest BCUT2D eigenvalue weighted by Gasteiger charge is -2.38. The van der Waals surface area contributed by atoms with Gasteiger partial charge in [0.25, 0.3) is 0 Å². The summed E-state index contributed by atoms with van der Waals surface area (Å²) in [7, 11) is 0. The van der Waals surface area contributed by atoms with Gasteiger partial charge in [-0.1, -0.05) is 30.3 Å². The number of carboxylic acid groups (broad SMARTS) is 1. The van der Waals surface area contributed by atoms with Crippen molar-refractivity contribution in [3.05, 3.63) is 66.0 Å². The van der Waals surface area contributed by atoms with Crippen LogP contribution in [0, 0.1) is 5.82 Å². The number of carbonyl (C=O) groups is 2. The molecule has 25 heavy (non-hydrogen) atoms. The summed E-state index contributed by atoms with van der Waals surface area (Å²) in [5.41, 5.74) is 1.19. The van der Waals surface area contributed by atoms with Crippen molar-refractivity contribution in [2.75, 3.05) is 18.0 Å². The zero-order chi connectivity index (χ0) is 17.8. The van der Waals surface area contributed by atoms with Crippen LogP contribution in [0.1, 0.15) is 12.0 Å². The molecule has 1 aliphatic heterocycles. The normalized spacial score (nSPS) is 14.5. The van der Waals surface area contributed by atoms with Gasteiger partial charge in [-0.05, 0) is 36.2 Å². The van der Waals surface area contributed by atoms with Crippen LogP contribution in [0.15, 0.2) is 54.6 Å². The summed E-state index contributed by atoms with van der Waals surface area (Å²) in [5, 5.41) is 9.76. The van der Waals surface area contributed by atoms with E-state index in [1.54, 1.807) is 41.3 Å². The number of anilines is 1. The number of amides is 2. The van der Waals surface area contributed by atoms with Gasteiger partial charge in [0.05, 0.1) is 0 Å². The molecule has 2 aromatic carbocycles. The zero-order valence-corrected chi connectivity index (χ0v) is 13.6. The third kappa shape index (κ3) is 3.79. The van der Waals surface area contributed by atoms with Crippen LogP contribution < -0.4 is 4.90 Å². The molecule has 0 radical (unpaired) electrons. The molecule has 3 rings (SSSR count). The summed E-state index contributed by atoms with van der Waals surface area (Å²) in [5.74, 6) is -1.48. The monoisotopic (exact) mass is 342 g/mol. The van der Waals surface area contributed by atoms with E-state index in [1.165, 1.54) is 17.0 Å². The molecule has 1 heterocycles. The number of rotatable bonds is 5. The van der Waals surface area contributed by atoms with Crippen LogP contribution >= 0.6 is 0 Å². The number of carboxylic acids is 1. The third-order valence-electron chi connectivity index (χ3n) is 4.31. The van der Waals surface area contributed by atoms with Gasteiger partial charge in [-0.2, -0.15) is 0 Å². The van der Waals surface area contributed by atoms with Crippen molar-refractivity contribution in [2.24, 2.45) is 0 Å². The first kappa shape index (κ1) is 17.0. The first-order valence-electron chi connectivity index (χ1n) is 8.16. The number of nitrogens with zero attached hydrogens (tertiary/aromatic N) is 2. The van der Waals surface area contributed by atoms with Gasteiger partial charge in [0.1, 0.15) is 11.9 Å². The maximum Gasteiger partial charge on any atom is 0.327 e. The highest BCUT2D eigenvalue weighted by Gasteiger charge is 2.35. The van der Waals surface area contributed by atoms with Crippen molar-refractivity contribution in [1.29, 1.82) is 0 Å². The molecule has 1 saturated heterocycles. The van der Waals surface area contributed by atoms with Gasteiger partial charge in [-0.3, -0.25) is 4.90 Å². The number of carbonyl (C=O) groups excluding carboxylic acids is 1. The lowest BCUT2D eigenvalue weighted by Crippen LogP contribution is -2.55. The highest BCUT2D eigenvalue weighted by atomic mass is 19.1. The maximum atomic E-state index is 13.1. The minimum atomic E-state index is -1.10. The molecule has 1 N–H and O–H groups in total.